The van der Waals surface area contributed by atoms with Gasteiger partial charge in [0.05, 0.1) is 29.4 Å². The number of amides is 1. The van der Waals surface area contributed by atoms with E-state index < -0.39 is 5.82 Å². The molecule has 3 heterocycles. The number of H-pyrrole nitrogens is 1. The lowest BCUT2D eigenvalue weighted by Gasteiger charge is -2.11. The van der Waals surface area contributed by atoms with Crippen molar-refractivity contribution in [3.8, 4) is 5.75 Å². The molecule has 1 aromatic carbocycles. The number of benzene rings is 1. The van der Waals surface area contributed by atoms with Crippen molar-refractivity contribution < 1.29 is 13.9 Å². The molecule has 0 radical (unpaired) electrons. The quantitative estimate of drug-likeness (QED) is 0.417. The standard InChI is InChI=1S/C20H19FN6O2S/c1-11-16-18(27-14-4-3-12(21)7-15(14)29-2)25-10-26-20(16)30-17(11)19(28)23-6-5-13-8-22-9-24-13/h3-4,7-10H,5-6H2,1-2H3,(H,22,24)(H,23,28)(H,25,26,27). The molecular weight excluding hydrogens is 407 g/mol. The normalized spacial score (nSPS) is 10.9. The second-order valence-corrected chi connectivity index (χ2v) is 7.51. The number of imidazole rings is 1. The highest BCUT2D eigenvalue weighted by Crippen LogP contribution is 2.36. The van der Waals surface area contributed by atoms with Crippen LogP contribution in [0.15, 0.2) is 37.1 Å². The van der Waals surface area contributed by atoms with Crippen LogP contribution in [0.2, 0.25) is 0 Å². The van der Waals surface area contributed by atoms with Gasteiger partial charge in [0.25, 0.3) is 5.91 Å². The van der Waals surface area contributed by atoms with E-state index in [1.54, 1.807) is 18.6 Å². The van der Waals surface area contributed by atoms with Gasteiger partial charge in [0.15, 0.2) is 0 Å². The maximum absolute atomic E-state index is 13.5. The van der Waals surface area contributed by atoms with Crippen molar-refractivity contribution in [1.29, 1.82) is 0 Å². The SMILES string of the molecule is COc1cc(F)ccc1Nc1ncnc2sc(C(=O)NCCc3cnc[nH]3)c(C)c12. The number of rotatable bonds is 7. The first kappa shape index (κ1) is 19.8. The number of fused-ring (bicyclic) bond motifs is 1. The Labute approximate surface area is 175 Å². The molecule has 0 aliphatic rings. The predicted octanol–water partition coefficient (Wildman–Crippen LogP) is 3.59. The van der Waals surface area contributed by atoms with E-state index in [0.29, 0.717) is 39.9 Å². The largest absolute Gasteiger partial charge is 0.494 e. The van der Waals surface area contributed by atoms with Crippen molar-refractivity contribution in [2.45, 2.75) is 13.3 Å². The van der Waals surface area contributed by atoms with Crippen LogP contribution in [0, 0.1) is 12.7 Å². The number of hydrogen-bond acceptors (Lipinski definition) is 7. The smallest absolute Gasteiger partial charge is 0.261 e. The lowest BCUT2D eigenvalue weighted by atomic mass is 10.2. The van der Waals surface area contributed by atoms with E-state index in [4.69, 9.17) is 4.74 Å². The summed E-state index contributed by atoms with van der Waals surface area (Å²) in [6.07, 6.45) is 5.42. The molecule has 0 unspecified atom stereocenters. The molecule has 3 N–H and O–H groups in total. The van der Waals surface area contributed by atoms with Gasteiger partial charge >= 0.3 is 0 Å². The number of hydrogen-bond donors (Lipinski definition) is 3. The maximum atomic E-state index is 13.5. The van der Waals surface area contributed by atoms with Crippen LogP contribution in [0.25, 0.3) is 10.2 Å². The lowest BCUT2D eigenvalue weighted by molar-refractivity contribution is 0.0957. The van der Waals surface area contributed by atoms with Gasteiger partial charge in [-0.3, -0.25) is 4.79 Å². The van der Waals surface area contributed by atoms with Gasteiger partial charge in [-0.15, -0.1) is 11.3 Å². The summed E-state index contributed by atoms with van der Waals surface area (Å²) in [5, 5.41) is 6.84. The summed E-state index contributed by atoms with van der Waals surface area (Å²) < 4.78 is 18.7. The molecule has 8 nitrogen and oxygen atoms in total. The molecule has 3 aromatic heterocycles. The summed E-state index contributed by atoms with van der Waals surface area (Å²) >= 11 is 1.30. The Kier molecular flexibility index (Phi) is 5.57. The van der Waals surface area contributed by atoms with E-state index in [-0.39, 0.29) is 5.91 Å². The molecule has 0 saturated heterocycles. The minimum absolute atomic E-state index is 0.166. The molecule has 0 atom stereocenters. The van der Waals surface area contributed by atoms with Crippen molar-refractivity contribution in [2.75, 3.05) is 19.0 Å². The molecule has 10 heteroatoms. The number of carbonyl (C=O) groups is 1. The van der Waals surface area contributed by atoms with Crippen molar-refractivity contribution in [3.63, 3.8) is 0 Å². The van der Waals surface area contributed by atoms with Gasteiger partial charge in [0.2, 0.25) is 0 Å². The number of nitrogens with one attached hydrogen (secondary N) is 3. The second-order valence-electron chi connectivity index (χ2n) is 6.51. The van der Waals surface area contributed by atoms with Crippen molar-refractivity contribution in [3.05, 3.63) is 59.0 Å². The number of carbonyl (C=O) groups excluding carboxylic acids is 1. The fourth-order valence-electron chi connectivity index (χ4n) is 3.09. The summed E-state index contributed by atoms with van der Waals surface area (Å²) in [5.74, 6) is 0.313. The van der Waals surface area contributed by atoms with Gasteiger partial charge < -0.3 is 20.4 Å². The summed E-state index contributed by atoms with van der Waals surface area (Å²) in [5.41, 5.74) is 2.29. The summed E-state index contributed by atoms with van der Waals surface area (Å²) in [6, 6.07) is 4.20. The van der Waals surface area contributed by atoms with Crippen LogP contribution in [-0.4, -0.2) is 39.5 Å². The van der Waals surface area contributed by atoms with Crippen LogP contribution in [0.3, 0.4) is 0 Å². The van der Waals surface area contributed by atoms with Crippen LogP contribution >= 0.6 is 11.3 Å². The summed E-state index contributed by atoms with van der Waals surface area (Å²) in [7, 11) is 1.47. The Bertz CT molecular complexity index is 1190. The van der Waals surface area contributed by atoms with Gasteiger partial charge in [0, 0.05) is 30.9 Å². The molecule has 0 bridgehead atoms. The molecule has 4 aromatic rings. The van der Waals surface area contributed by atoms with E-state index in [9.17, 15) is 9.18 Å². The molecule has 1 amide bonds. The van der Waals surface area contributed by atoms with Gasteiger partial charge in [-0.05, 0) is 24.6 Å². The zero-order valence-electron chi connectivity index (χ0n) is 16.3. The minimum Gasteiger partial charge on any atom is -0.494 e. The number of ether oxygens (including phenoxy) is 1. The number of methoxy groups -OCH3 is 1. The molecule has 0 fully saturated rings. The van der Waals surface area contributed by atoms with Crippen molar-refractivity contribution >= 4 is 39.0 Å². The first-order chi connectivity index (χ1) is 14.6. The fourth-order valence-corrected chi connectivity index (χ4v) is 4.16. The number of aryl methyl sites for hydroxylation is 1. The molecule has 4 rings (SSSR count). The zero-order chi connectivity index (χ0) is 21.1. The van der Waals surface area contributed by atoms with Crippen LogP contribution in [0.5, 0.6) is 5.75 Å². The number of anilines is 2. The van der Waals surface area contributed by atoms with E-state index in [0.717, 1.165) is 16.6 Å². The Morgan fingerprint density at radius 2 is 2.20 bits per heavy atom. The number of nitrogens with zero attached hydrogens (tertiary/aromatic N) is 3. The maximum Gasteiger partial charge on any atom is 0.261 e. The Morgan fingerprint density at radius 1 is 1.33 bits per heavy atom. The minimum atomic E-state index is -0.397. The van der Waals surface area contributed by atoms with Crippen molar-refractivity contribution in [1.82, 2.24) is 25.3 Å². The van der Waals surface area contributed by atoms with Gasteiger partial charge in [-0.25, -0.2) is 19.3 Å². The molecule has 0 spiro atoms. The Hall–Kier alpha value is -3.53. The van der Waals surface area contributed by atoms with Crippen molar-refractivity contribution in [2.24, 2.45) is 0 Å². The van der Waals surface area contributed by atoms with Crippen LogP contribution < -0.4 is 15.4 Å². The van der Waals surface area contributed by atoms with Crippen LogP contribution in [0.1, 0.15) is 20.9 Å². The van der Waals surface area contributed by atoms with E-state index in [1.807, 2.05) is 6.92 Å². The highest BCUT2D eigenvalue weighted by atomic mass is 32.1. The number of thiophene rings is 1. The molecule has 154 valence electrons. The highest BCUT2D eigenvalue weighted by Gasteiger charge is 2.20. The first-order valence-corrected chi connectivity index (χ1v) is 9.98. The van der Waals surface area contributed by atoms with Gasteiger partial charge in [-0.1, -0.05) is 0 Å². The van der Waals surface area contributed by atoms with Gasteiger partial charge in [0.1, 0.15) is 28.5 Å². The summed E-state index contributed by atoms with van der Waals surface area (Å²) in [6.45, 7) is 2.34. The lowest BCUT2D eigenvalue weighted by Crippen LogP contribution is -2.25. The molecule has 0 aliphatic heterocycles. The number of aromatic amines is 1. The monoisotopic (exact) mass is 426 g/mol. The summed E-state index contributed by atoms with van der Waals surface area (Å²) in [4.78, 5) is 29.6. The zero-order valence-corrected chi connectivity index (χ0v) is 17.1. The molecule has 0 saturated carbocycles. The topological polar surface area (TPSA) is 105 Å². The average molecular weight is 426 g/mol. The molecule has 30 heavy (non-hydrogen) atoms. The second kappa shape index (κ2) is 8.46. The average Bonchev–Trinajstić information content (AvgIpc) is 3.37. The third-order valence-corrected chi connectivity index (χ3v) is 5.78. The third-order valence-electron chi connectivity index (χ3n) is 4.58. The van der Waals surface area contributed by atoms with Crippen LogP contribution in [0.4, 0.5) is 15.9 Å². The van der Waals surface area contributed by atoms with Gasteiger partial charge in [-0.2, -0.15) is 0 Å². The third kappa shape index (κ3) is 3.94. The number of aromatic nitrogens is 4. The predicted molar refractivity (Wildman–Crippen MR) is 113 cm³/mol. The fraction of sp³-hybridized carbons (Fsp3) is 0.200. The molecule has 0 aliphatic carbocycles. The molecular formula is C20H19FN6O2S. The van der Waals surface area contributed by atoms with E-state index >= 15 is 0 Å². The van der Waals surface area contributed by atoms with E-state index in [2.05, 4.69) is 30.6 Å². The van der Waals surface area contributed by atoms with Crippen LogP contribution in [-0.2, 0) is 6.42 Å². The first-order valence-electron chi connectivity index (χ1n) is 9.17. The Morgan fingerprint density at radius 3 is 2.97 bits per heavy atom. The number of halogens is 1. The highest BCUT2D eigenvalue weighted by molar-refractivity contribution is 7.20. The Balaban J connectivity index is 1.59. The van der Waals surface area contributed by atoms with E-state index in [1.165, 1.54) is 36.9 Å².